The maximum atomic E-state index is 5.25. The lowest BCUT2D eigenvalue weighted by Crippen LogP contribution is -2.50. The Kier molecular flexibility index (Phi) is 3.77. The van der Waals surface area contributed by atoms with E-state index in [4.69, 9.17) is 5.84 Å². The van der Waals surface area contributed by atoms with Gasteiger partial charge in [0, 0.05) is 12.1 Å². The average molecular weight is 131 g/mol. The van der Waals surface area contributed by atoms with Gasteiger partial charge in [-0.15, -0.1) is 0 Å². The molecule has 3 heteroatoms. The summed E-state index contributed by atoms with van der Waals surface area (Å²) < 4.78 is 0. The first-order chi connectivity index (χ1) is 4.09. The molecule has 0 saturated heterocycles. The van der Waals surface area contributed by atoms with E-state index in [0.29, 0.717) is 12.1 Å². The van der Waals surface area contributed by atoms with Crippen LogP contribution in [0, 0.1) is 0 Å². The van der Waals surface area contributed by atoms with E-state index in [9.17, 15) is 0 Å². The van der Waals surface area contributed by atoms with Crippen molar-refractivity contribution in [1.82, 2.24) is 10.5 Å². The number of hydrogen-bond donors (Lipinski definition) is 2. The summed E-state index contributed by atoms with van der Waals surface area (Å²) in [7, 11) is 0. The summed E-state index contributed by atoms with van der Waals surface area (Å²) in [6.45, 7) is 8.39. The van der Waals surface area contributed by atoms with Crippen LogP contribution in [0.15, 0.2) is 0 Å². The number of rotatable bonds is 3. The summed E-state index contributed by atoms with van der Waals surface area (Å²) in [6.07, 6.45) is 0. The van der Waals surface area contributed by atoms with Crippen LogP contribution in [0.1, 0.15) is 27.7 Å². The molecule has 0 spiro atoms. The van der Waals surface area contributed by atoms with Gasteiger partial charge < -0.3 is 0 Å². The molecule has 0 unspecified atom stereocenters. The topological polar surface area (TPSA) is 41.3 Å². The highest BCUT2D eigenvalue weighted by molar-refractivity contribution is 4.59. The number of nitrogens with one attached hydrogen (secondary N) is 1. The van der Waals surface area contributed by atoms with Crippen molar-refractivity contribution in [3.05, 3.63) is 0 Å². The van der Waals surface area contributed by atoms with Gasteiger partial charge in [0.25, 0.3) is 0 Å². The molecule has 0 aliphatic heterocycles. The van der Waals surface area contributed by atoms with Crippen molar-refractivity contribution in [3.8, 4) is 0 Å². The molecule has 0 aromatic rings. The SMILES string of the molecule is CC(C)N(NN)C(C)C. The smallest absolute Gasteiger partial charge is 0.0203 e. The zero-order valence-corrected chi connectivity index (χ0v) is 6.68. The van der Waals surface area contributed by atoms with Crippen LogP contribution in [0.25, 0.3) is 0 Å². The Morgan fingerprint density at radius 3 is 1.44 bits per heavy atom. The average Bonchev–Trinajstić information content (AvgIpc) is 1.64. The first-order valence-corrected chi connectivity index (χ1v) is 3.34. The van der Waals surface area contributed by atoms with E-state index in [0.717, 1.165) is 0 Å². The Bertz CT molecular complexity index is 62.7. The van der Waals surface area contributed by atoms with Crippen LogP contribution in [0.3, 0.4) is 0 Å². The van der Waals surface area contributed by atoms with Gasteiger partial charge in [0.05, 0.1) is 0 Å². The van der Waals surface area contributed by atoms with Crippen LogP contribution in [-0.4, -0.2) is 17.1 Å². The third kappa shape index (κ3) is 2.79. The highest BCUT2D eigenvalue weighted by Gasteiger charge is 2.09. The fraction of sp³-hybridized carbons (Fsp3) is 1.00. The van der Waals surface area contributed by atoms with Crippen molar-refractivity contribution in [3.63, 3.8) is 0 Å². The summed E-state index contributed by atoms with van der Waals surface area (Å²) in [4.78, 5) is 0. The molecule has 0 aromatic carbocycles. The van der Waals surface area contributed by atoms with Crippen LogP contribution in [0.2, 0.25) is 0 Å². The summed E-state index contributed by atoms with van der Waals surface area (Å²) in [5.41, 5.74) is 2.63. The fourth-order valence-electron chi connectivity index (χ4n) is 0.894. The van der Waals surface area contributed by atoms with Crippen molar-refractivity contribution in [1.29, 1.82) is 0 Å². The van der Waals surface area contributed by atoms with E-state index in [2.05, 4.69) is 33.2 Å². The molecule has 0 heterocycles. The predicted molar refractivity (Wildman–Crippen MR) is 39.4 cm³/mol. The van der Waals surface area contributed by atoms with Gasteiger partial charge in [-0.3, -0.25) is 5.84 Å². The maximum absolute atomic E-state index is 5.25. The molecule has 0 aromatic heterocycles. The molecule has 0 aliphatic rings. The molecule has 56 valence electrons. The minimum Gasteiger partial charge on any atom is -0.258 e. The van der Waals surface area contributed by atoms with Crippen molar-refractivity contribution >= 4 is 0 Å². The quantitative estimate of drug-likeness (QED) is 0.432. The summed E-state index contributed by atoms with van der Waals surface area (Å²) in [5.74, 6) is 5.25. The third-order valence-corrected chi connectivity index (χ3v) is 1.26. The molecule has 3 nitrogen and oxygen atoms in total. The van der Waals surface area contributed by atoms with Gasteiger partial charge in [0.2, 0.25) is 0 Å². The number of nitrogens with two attached hydrogens (primary N) is 1. The van der Waals surface area contributed by atoms with Crippen LogP contribution >= 0.6 is 0 Å². The summed E-state index contributed by atoms with van der Waals surface area (Å²) >= 11 is 0. The van der Waals surface area contributed by atoms with Crippen LogP contribution in [0.4, 0.5) is 0 Å². The van der Waals surface area contributed by atoms with E-state index in [-0.39, 0.29) is 0 Å². The van der Waals surface area contributed by atoms with Gasteiger partial charge in [0.1, 0.15) is 0 Å². The Morgan fingerprint density at radius 1 is 1.11 bits per heavy atom. The summed E-state index contributed by atoms with van der Waals surface area (Å²) in [6, 6.07) is 0.907. The molecule has 0 bridgehead atoms. The van der Waals surface area contributed by atoms with Gasteiger partial charge >= 0.3 is 0 Å². The lowest BCUT2D eigenvalue weighted by Gasteiger charge is -2.28. The standard InChI is InChI=1S/C6H17N3/c1-5(2)9(8-7)6(3)4/h5-6,8H,7H2,1-4H3. The highest BCUT2D eigenvalue weighted by atomic mass is 15.6. The first-order valence-electron chi connectivity index (χ1n) is 3.34. The van der Waals surface area contributed by atoms with Gasteiger partial charge in [-0.1, -0.05) is 0 Å². The van der Waals surface area contributed by atoms with Crippen molar-refractivity contribution in [2.75, 3.05) is 0 Å². The lowest BCUT2D eigenvalue weighted by molar-refractivity contribution is 0.104. The molecular formula is C6H17N3. The fourth-order valence-corrected chi connectivity index (χ4v) is 0.894. The van der Waals surface area contributed by atoms with Crippen LogP contribution < -0.4 is 11.4 Å². The van der Waals surface area contributed by atoms with Crippen LogP contribution in [0.5, 0.6) is 0 Å². The predicted octanol–water partition coefficient (Wildman–Crippen LogP) is 0.483. The van der Waals surface area contributed by atoms with E-state index >= 15 is 0 Å². The molecule has 0 radical (unpaired) electrons. The molecule has 0 saturated carbocycles. The van der Waals surface area contributed by atoms with Gasteiger partial charge in [0.15, 0.2) is 0 Å². The highest BCUT2D eigenvalue weighted by Crippen LogP contribution is 1.97. The Morgan fingerprint density at radius 2 is 1.44 bits per heavy atom. The molecule has 0 fully saturated rings. The second kappa shape index (κ2) is 3.82. The van der Waals surface area contributed by atoms with E-state index < -0.39 is 0 Å². The Labute approximate surface area is 57.2 Å². The normalized spacial score (nSPS) is 12.0. The van der Waals surface area contributed by atoms with E-state index in [1.807, 2.05) is 5.01 Å². The van der Waals surface area contributed by atoms with Gasteiger partial charge in [-0.05, 0) is 27.7 Å². The van der Waals surface area contributed by atoms with E-state index in [1.54, 1.807) is 0 Å². The van der Waals surface area contributed by atoms with Crippen molar-refractivity contribution in [2.24, 2.45) is 5.84 Å². The lowest BCUT2D eigenvalue weighted by atomic mass is 10.3. The summed E-state index contributed by atoms with van der Waals surface area (Å²) in [5, 5.41) is 1.99. The number of hydrogen-bond acceptors (Lipinski definition) is 3. The second-order valence-electron chi connectivity index (χ2n) is 2.72. The molecule has 0 amide bonds. The van der Waals surface area contributed by atoms with E-state index in [1.165, 1.54) is 0 Å². The van der Waals surface area contributed by atoms with Gasteiger partial charge in [-0.2, -0.15) is 5.53 Å². The molecular weight excluding hydrogens is 114 g/mol. The molecule has 0 rings (SSSR count). The maximum Gasteiger partial charge on any atom is 0.0203 e. The number of nitrogens with zero attached hydrogens (tertiary/aromatic N) is 1. The first kappa shape index (κ1) is 8.88. The zero-order chi connectivity index (χ0) is 7.44. The Hall–Kier alpha value is -0.120. The van der Waals surface area contributed by atoms with Gasteiger partial charge in [-0.25, -0.2) is 5.01 Å². The Balaban J connectivity index is 3.68. The zero-order valence-electron chi connectivity index (χ0n) is 6.68. The van der Waals surface area contributed by atoms with Crippen molar-refractivity contribution in [2.45, 2.75) is 39.8 Å². The minimum absolute atomic E-state index is 0.454. The molecule has 0 atom stereocenters. The molecule has 3 N–H and O–H groups in total. The minimum atomic E-state index is 0.454. The molecule has 9 heavy (non-hydrogen) atoms. The monoisotopic (exact) mass is 131 g/mol. The largest absolute Gasteiger partial charge is 0.258 e. The third-order valence-electron chi connectivity index (χ3n) is 1.26. The number of hydrazine groups is 2. The second-order valence-corrected chi connectivity index (χ2v) is 2.72. The van der Waals surface area contributed by atoms with Crippen LogP contribution in [-0.2, 0) is 0 Å². The van der Waals surface area contributed by atoms with Crippen molar-refractivity contribution < 1.29 is 0 Å². The molecule has 0 aliphatic carbocycles.